The molecule has 0 amide bonds. The molecule has 0 saturated carbocycles. The molecule has 0 bridgehead atoms. The van der Waals surface area contributed by atoms with Crippen molar-refractivity contribution in [2.24, 2.45) is 0 Å². The molecule has 2 nitrogen and oxygen atoms in total. The molecule has 1 N–H and O–H groups in total. The Labute approximate surface area is 163 Å². The molecular formula is C16H31KO2. The Balaban J connectivity index is -0.00000144. The van der Waals surface area contributed by atoms with E-state index in [1.807, 2.05) is 0 Å². The molecule has 0 radical (unpaired) electrons. The molecular weight excluding hydrogens is 263 g/mol. The molecule has 0 atom stereocenters. The first-order valence-electron chi connectivity index (χ1n) is 7.67. The Morgan fingerprint density at radius 1 is 0.895 bits per heavy atom. The third-order valence-electron chi connectivity index (χ3n) is 3.23. The quantitative estimate of drug-likeness (QED) is 0.322. The normalized spacial score (nSPS) is 10.6. The van der Waals surface area contributed by atoms with Crippen LogP contribution in [0.15, 0.2) is 12.2 Å². The van der Waals surface area contributed by atoms with Crippen molar-refractivity contribution in [3.63, 3.8) is 0 Å². The maximum Gasteiger partial charge on any atom is 1.00 e. The van der Waals surface area contributed by atoms with Gasteiger partial charge in [-0.2, -0.15) is 0 Å². The number of aliphatic carboxylic acids is 1. The van der Waals surface area contributed by atoms with Crippen LogP contribution in [0.4, 0.5) is 0 Å². The van der Waals surface area contributed by atoms with E-state index < -0.39 is 5.97 Å². The molecule has 3 heteroatoms. The van der Waals surface area contributed by atoms with Crippen molar-refractivity contribution in [3.05, 3.63) is 12.2 Å². The van der Waals surface area contributed by atoms with E-state index in [2.05, 4.69) is 6.92 Å². The predicted octanol–water partition coefficient (Wildman–Crippen LogP) is 2.44. The van der Waals surface area contributed by atoms with Gasteiger partial charge in [-0.15, -0.1) is 0 Å². The van der Waals surface area contributed by atoms with E-state index in [1.165, 1.54) is 70.3 Å². The van der Waals surface area contributed by atoms with Gasteiger partial charge in [-0.1, -0.05) is 77.2 Å². The van der Waals surface area contributed by atoms with E-state index >= 15 is 0 Å². The fourth-order valence-electron chi connectivity index (χ4n) is 2.11. The van der Waals surface area contributed by atoms with Gasteiger partial charge in [0.15, 0.2) is 0 Å². The van der Waals surface area contributed by atoms with Crippen molar-refractivity contribution >= 4 is 5.97 Å². The third kappa shape index (κ3) is 21.3. The van der Waals surface area contributed by atoms with Crippen LogP contribution in [0.25, 0.3) is 0 Å². The molecule has 0 rings (SSSR count). The van der Waals surface area contributed by atoms with E-state index in [0.29, 0.717) is 0 Å². The first-order valence-corrected chi connectivity index (χ1v) is 7.67. The second kappa shape index (κ2) is 18.8. The van der Waals surface area contributed by atoms with Crippen molar-refractivity contribution in [1.29, 1.82) is 0 Å². The zero-order valence-electron chi connectivity index (χ0n) is 14.0. The number of carbonyl (C=O) groups is 1. The zero-order chi connectivity index (χ0) is 13.5. The van der Waals surface area contributed by atoms with Gasteiger partial charge < -0.3 is 6.53 Å². The Kier molecular flexibility index (Phi) is 22.0. The maximum atomic E-state index is 10.2. The Hall–Kier alpha value is 0.846. The van der Waals surface area contributed by atoms with Crippen LogP contribution < -0.4 is 51.4 Å². The molecule has 0 aromatic heterocycles. The van der Waals surface area contributed by atoms with Gasteiger partial charge >= 0.3 is 57.4 Å². The molecule has 0 fully saturated rings. The molecule has 0 aromatic rings. The minimum Gasteiger partial charge on any atom is -1.00 e. The molecule has 0 aliphatic heterocycles. The number of hydrogen-bond acceptors (Lipinski definition) is 1. The number of carboxylic acids is 1. The van der Waals surface area contributed by atoms with Crippen LogP contribution >= 0.6 is 0 Å². The van der Waals surface area contributed by atoms with Gasteiger partial charge in [0.1, 0.15) is 0 Å². The van der Waals surface area contributed by atoms with Crippen molar-refractivity contribution in [2.75, 3.05) is 0 Å². The fourth-order valence-corrected chi connectivity index (χ4v) is 2.11. The average molecular weight is 295 g/mol. The molecule has 0 saturated heterocycles. The van der Waals surface area contributed by atoms with E-state index in [4.69, 9.17) is 5.11 Å². The topological polar surface area (TPSA) is 37.3 Å². The molecule has 0 unspecified atom stereocenters. The standard InChI is InChI=1S/C16H30O2.K.H/c1-2-3-4-5-6-7-8-9-10-11-12-13-14-15-16(17)18;;/h14-15H,2-13H2,1H3,(H,17,18);;/q;+1;-1/b15-14+;;. The molecule has 0 aromatic carbocycles. The second-order valence-electron chi connectivity index (χ2n) is 5.06. The molecule has 0 aliphatic carbocycles. The molecule has 0 aliphatic rings. The Morgan fingerprint density at radius 3 is 1.74 bits per heavy atom. The minimum atomic E-state index is -0.835. The summed E-state index contributed by atoms with van der Waals surface area (Å²) in [4.78, 5) is 10.2. The summed E-state index contributed by atoms with van der Waals surface area (Å²) in [7, 11) is 0. The summed E-state index contributed by atoms with van der Waals surface area (Å²) in [6.45, 7) is 2.26. The molecule has 19 heavy (non-hydrogen) atoms. The zero-order valence-corrected chi connectivity index (χ0v) is 16.1. The number of unbranched alkanes of at least 4 members (excludes halogenated alkanes) is 11. The minimum absolute atomic E-state index is 0. The summed E-state index contributed by atoms with van der Waals surface area (Å²) in [5, 5.41) is 8.40. The first kappa shape index (κ1) is 22.1. The van der Waals surface area contributed by atoms with Crippen LogP contribution in [0, 0.1) is 0 Å². The van der Waals surface area contributed by atoms with Gasteiger partial charge in [-0.3, -0.25) is 0 Å². The largest absolute Gasteiger partial charge is 1.00 e. The fraction of sp³-hybridized carbons (Fsp3) is 0.812. The molecule has 0 spiro atoms. The summed E-state index contributed by atoms with van der Waals surface area (Å²) >= 11 is 0. The predicted molar refractivity (Wildman–Crippen MR) is 79.0 cm³/mol. The van der Waals surface area contributed by atoms with Gasteiger partial charge in [0.2, 0.25) is 0 Å². The van der Waals surface area contributed by atoms with Gasteiger partial charge in [0, 0.05) is 6.08 Å². The van der Waals surface area contributed by atoms with Crippen molar-refractivity contribution in [1.82, 2.24) is 0 Å². The summed E-state index contributed by atoms with van der Waals surface area (Å²) in [5.74, 6) is -0.835. The van der Waals surface area contributed by atoms with Gasteiger partial charge in [-0.25, -0.2) is 4.79 Å². The van der Waals surface area contributed by atoms with E-state index in [0.717, 1.165) is 12.8 Å². The van der Waals surface area contributed by atoms with Gasteiger partial charge in [0.05, 0.1) is 0 Å². The first-order chi connectivity index (χ1) is 8.77. The van der Waals surface area contributed by atoms with Crippen molar-refractivity contribution in [3.8, 4) is 0 Å². The summed E-state index contributed by atoms with van der Waals surface area (Å²) in [6, 6.07) is 0. The van der Waals surface area contributed by atoms with E-state index in [9.17, 15) is 4.79 Å². The Bertz CT molecular complexity index is 221. The van der Waals surface area contributed by atoms with Gasteiger partial charge in [-0.05, 0) is 12.8 Å². The van der Waals surface area contributed by atoms with Crippen LogP contribution in [0.5, 0.6) is 0 Å². The van der Waals surface area contributed by atoms with Crippen molar-refractivity contribution < 1.29 is 62.7 Å². The number of hydrogen-bond donors (Lipinski definition) is 1. The van der Waals surface area contributed by atoms with Gasteiger partial charge in [0.25, 0.3) is 0 Å². The monoisotopic (exact) mass is 294 g/mol. The van der Waals surface area contributed by atoms with Crippen LogP contribution in [0.3, 0.4) is 0 Å². The summed E-state index contributed by atoms with van der Waals surface area (Å²) < 4.78 is 0. The second-order valence-corrected chi connectivity index (χ2v) is 5.06. The third-order valence-corrected chi connectivity index (χ3v) is 3.23. The number of carboxylic acid groups (broad SMARTS) is 1. The molecule has 0 heterocycles. The number of rotatable bonds is 13. The summed E-state index contributed by atoms with van der Waals surface area (Å²) in [6.07, 6.45) is 18.6. The SMILES string of the molecule is CCCCCCCCCCCCC/C=C/C(=O)O.[H-].[K+]. The maximum absolute atomic E-state index is 10.2. The number of allylic oxidation sites excluding steroid dienone is 1. The Morgan fingerprint density at radius 2 is 1.32 bits per heavy atom. The summed E-state index contributed by atoms with van der Waals surface area (Å²) in [5.41, 5.74) is 0. The van der Waals surface area contributed by atoms with Crippen LogP contribution in [-0.2, 0) is 4.79 Å². The smallest absolute Gasteiger partial charge is 1.00 e. The van der Waals surface area contributed by atoms with E-state index in [-0.39, 0.29) is 52.8 Å². The van der Waals surface area contributed by atoms with Crippen LogP contribution in [0.1, 0.15) is 85.4 Å². The van der Waals surface area contributed by atoms with Crippen molar-refractivity contribution in [2.45, 2.75) is 84.0 Å². The van der Waals surface area contributed by atoms with Crippen LogP contribution in [-0.4, -0.2) is 11.1 Å². The van der Waals surface area contributed by atoms with E-state index in [1.54, 1.807) is 6.08 Å². The average Bonchev–Trinajstić information content (AvgIpc) is 2.34. The molecule has 108 valence electrons. The van der Waals surface area contributed by atoms with Crippen LogP contribution in [0.2, 0.25) is 0 Å².